The predicted octanol–water partition coefficient (Wildman–Crippen LogP) is -2.06. The van der Waals surface area contributed by atoms with Crippen molar-refractivity contribution in [1.29, 1.82) is 0 Å². The lowest BCUT2D eigenvalue weighted by Gasteiger charge is -2.11. The minimum Gasteiger partial charge on any atom is -0.480 e. The van der Waals surface area contributed by atoms with Gasteiger partial charge in [0.05, 0.1) is 33.0 Å². The van der Waals surface area contributed by atoms with Gasteiger partial charge in [0.1, 0.15) is 12.6 Å². The third kappa shape index (κ3) is 16.4. The van der Waals surface area contributed by atoms with Crippen molar-refractivity contribution in [2.24, 2.45) is 0 Å². The van der Waals surface area contributed by atoms with Crippen LogP contribution < -0.4 is 21.3 Å². The van der Waals surface area contributed by atoms with Crippen molar-refractivity contribution in [2.45, 2.75) is 18.9 Å². The molecule has 0 saturated carbocycles. The Labute approximate surface area is 165 Å². The van der Waals surface area contributed by atoms with E-state index in [9.17, 15) is 14.4 Å². The van der Waals surface area contributed by atoms with Gasteiger partial charge in [0, 0.05) is 26.1 Å². The normalized spacial score (nSPS) is 11.8. The molecule has 0 radical (unpaired) electrons. The molecule has 0 aromatic rings. The summed E-state index contributed by atoms with van der Waals surface area (Å²) >= 11 is 0. The van der Waals surface area contributed by atoms with Gasteiger partial charge in [-0.1, -0.05) is 0 Å². The first kappa shape index (κ1) is 26.2. The van der Waals surface area contributed by atoms with E-state index in [0.29, 0.717) is 39.5 Å². The van der Waals surface area contributed by atoms with Crippen molar-refractivity contribution in [1.82, 2.24) is 21.3 Å². The van der Waals surface area contributed by atoms with E-state index >= 15 is 0 Å². The molecule has 0 aromatic heterocycles. The van der Waals surface area contributed by atoms with E-state index in [1.165, 1.54) is 7.05 Å². The number of hydrogen-bond acceptors (Lipinski definition) is 8. The number of hydrogen-bond donors (Lipinski definition) is 5. The Morgan fingerprint density at radius 1 is 0.821 bits per heavy atom. The molecule has 0 saturated heterocycles. The van der Waals surface area contributed by atoms with Crippen LogP contribution in [0.15, 0.2) is 0 Å². The summed E-state index contributed by atoms with van der Waals surface area (Å²) in [6.07, 6.45) is 0.340. The summed E-state index contributed by atoms with van der Waals surface area (Å²) in [6, 6.07) is -0.734. The van der Waals surface area contributed by atoms with Crippen LogP contribution in [0.4, 0.5) is 0 Å². The van der Waals surface area contributed by atoms with Gasteiger partial charge < -0.3 is 40.6 Å². The summed E-state index contributed by atoms with van der Waals surface area (Å²) in [4.78, 5) is 33.9. The number of carbonyl (C=O) groups excluding carboxylic acids is 2. The quantitative estimate of drug-likeness (QED) is 0.153. The lowest BCUT2D eigenvalue weighted by atomic mass is 10.1. The Hall–Kier alpha value is -1.79. The van der Waals surface area contributed by atoms with Gasteiger partial charge in [-0.3, -0.25) is 14.4 Å². The molecule has 0 spiro atoms. The molecule has 0 aliphatic heterocycles. The molecule has 11 heteroatoms. The lowest BCUT2D eigenvalue weighted by molar-refractivity contribution is -0.139. The predicted molar refractivity (Wildman–Crippen MR) is 102 cm³/mol. The van der Waals surface area contributed by atoms with Gasteiger partial charge in [-0.2, -0.15) is 0 Å². The molecule has 5 N–H and O–H groups in total. The van der Waals surface area contributed by atoms with Crippen LogP contribution in [0, 0.1) is 0 Å². The Bertz CT molecular complexity index is 438. The second kappa shape index (κ2) is 18.6. The first-order chi connectivity index (χ1) is 13.5. The van der Waals surface area contributed by atoms with E-state index < -0.39 is 12.0 Å². The van der Waals surface area contributed by atoms with Crippen molar-refractivity contribution in [3.05, 3.63) is 0 Å². The average molecular weight is 406 g/mol. The number of nitrogens with one attached hydrogen (secondary N) is 4. The van der Waals surface area contributed by atoms with Crippen LogP contribution in [0.2, 0.25) is 0 Å². The maximum Gasteiger partial charge on any atom is 0.320 e. The maximum absolute atomic E-state index is 11.6. The van der Waals surface area contributed by atoms with Crippen LogP contribution in [0.1, 0.15) is 12.8 Å². The molecule has 0 bridgehead atoms. The van der Waals surface area contributed by atoms with E-state index in [1.807, 2.05) is 7.05 Å². The highest BCUT2D eigenvalue weighted by Crippen LogP contribution is 1.97. The zero-order valence-corrected chi connectivity index (χ0v) is 16.8. The molecule has 0 aliphatic rings. The Morgan fingerprint density at radius 2 is 1.39 bits per heavy atom. The van der Waals surface area contributed by atoms with Gasteiger partial charge in [0.2, 0.25) is 11.8 Å². The highest BCUT2D eigenvalue weighted by Gasteiger charge is 2.15. The van der Waals surface area contributed by atoms with Crippen LogP contribution in [0.5, 0.6) is 0 Å². The van der Waals surface area contributed by atoms with Gasteiger partial charge in [-0.25, -0.2) is 0 Å². The van der Waals surface area contributed by atoms with Gasteiger partial charge in [-0.05, 0) is 20.5 Å². The lowest BCUT2D eigenvalue weighted by Crippen LogP contribution is -2.36. The highest BCUT2D eigenvalue weighted by atomic mass is 16.5. The summed E-state index contributed by atoms with van der Waals surface area (Å²) in [6.45, 7) is 3.40. The van der Waals surface area contributed by atoms with E-state index in [0.717, 1.165) is 6.54 Å². The minimum absolute atomic E-state index is 0.0488. The van der Waals surface area contributed by atoms with Gasteiger partial charge in [-0.15, -0.1) is 0 Å². The number of likely N-dealkylation sites (N-methyl/N-ethyl adjacent to an activating group) is 2. The fraction of sp³-hybridized carbons (Fsp3) is 0.824. The molecule has 0 heterocycles. The standard InChI is InChI=1S/C17H34N4O7/c1-18-5-8-26-9-7-21-16(23)13-28-12-11-27-10-6-20-15(22)4-3-14(19-2)17(24)25/h14,18-19H,3-13H2,1-2H3,(H,20,22)(H,21,23)(H,24,25). The number of amides is 2. The Balaban J connectivity index is 3.41. The molecule has 2 amide bonds. The molecule has 1 unspecified atom stereocenters. The van der Waals surface area contributed by atoms with Crippen molar-refractivity contribution >= 4 is 17.8 Å². The molecule has 11 nitrogen and oxygen atoms in total. The molecule has 0 aliphatic carbocycles. The van der Waals surface area contributed by atoms with Crippen LogP contribution in [0.3, 0.4) is 0 Å². The Kier molecular flexibility index (Phi) is 17.4. The third-order valence-electron chi connectivity index (χ3n) is 3.55. The number of rotatable bonds is 19. The fourth-order valence-electron chi connectivity index (χ4n) is 1.99. The third-order valence-corrected chi connectivity index (χ3v) is 3.55. The monoisotopic (exact) mass is 406 g/mol. The molecular formula is C17H34N4O7. The summed E-state index contributed by atoms with van der Waals surface area (Å²) < 4.78 is 15.7. The zero-order chi connectivity index (χ0) is 21.0. The van der Waals surface area contributed by atoms with Crippen molar-refractivity contribution in [2.75, 3.05) is 73.4 Å². The summed E-state index contributed by atoms with van der Waals surface area (Å²) in [7, 11) is 3.38. The van der Waals surface area contributed by atoms with E-state index in [4.69, 9.17) is 19.3 Å². The maximum atomic E-state index is 11.6. The molecule has 0 aromatic carbocycles. The van der Waals surface area contributed by atoms with Crippen LogP contribution in [-0.4, -0.2) is 102 Å². The van der Waals surface area contributed by atoms with Crippen molar-refractivity contribution in [3.8, 4) is 0 Å². The second-order valence-electron chi connectivity index (χ2n) is 5.80. The van der Waals surface area contributed by atoms with E-state index in [-0.39, 0.29) is 37.9 Å². The second-order valence-corrected chi connectivity index (χ2v) is 5.80. The summed E-state index contributed by atoms with van der Waals surface area (Å²) in [5, 5.41) is 19.8. The zero-order valence-electron chi connectivity index (χ0n) is 16.8. The fourth-order valence-corrected chi connectivity index (χ4v) is 1.99. The van der Waals surface area contributed by atoms with Gasteiger partial charge in [0.15, 0.2) is 0 Å². The first-order valence-electron chi connectivity index (χ1n) is 9.32. The number of carboxylic acid groups (broad SMARTS) is 1. The van der Waals surface area contributed by atoms with Crippen LogP contribution in [-0.2, 0) is 28.6 Å². The smallest absolute Gasteiger partial charge is 0.320 e. The highest BCUT2D eigenvalue weighted by molar-refractivity contribution is 5.78. The van der Waals surface area contributed by atoms with Gasteiger partial charge in [0.25, 0.3) is 0 Å². The largest absolute Gasteiger partial charge is 0.480 e. The van der Waals surface area contributed by atoms with E-state index in [2.05, 4.69) is 21.3 Å². The Morgan fingerprint density at radius 3 is 2.00 bits per heavy atom. The van der Waals surface area contributed by atoms with Crippen molar-refractivity contribution < 1.29 is 33.7 Å². The van der Waals surface area contributed by atoms with E-state index in [1.54, 1.807) is 0 Å². The topological polar surface area (TPSA) is 147 Å². The molecule has 1 atom stereocenters. The molecule has 164 valence electrons. The molecular weight excluding hydrogens is 372 g/mol. The first-order valence-corrected chi connectivity index (χ1v) is 9.32. The van der Waals surface area contributed by atoms with Crippen LogP contribution >= 0.6 is 0 Å². The summed E-state index contributed by atoms with van der Waals surface area (Å²) in [5.74, 6) is -1.43. The number of aliphatic carboxylic acids is 1. The minimum atomic E-state index is -0.981. The number of ether oxygens (including phenoxy) is 3. The average Bonchev–Trinajstić information content (AvgIpc) is 2.66. The van der Waals surface area contributed by atoms with Crippen molar-refractivity contribution in [3.63, 3.8) is 0 Å². The molecule has 0 fully saturated rings. The van der Waals surface area contributed by atoms with Crippen LogP contribution in [0.25, 0.3) is 0 Å². The number of carbonyl (C=O) groups is 3. The number of carboxylic acids is 1. The molecule has 0 rings (SSSR count). The molecule has 28 heavy (non-hydrogen) atoms. The summed E-state index contributed by atoms with van der Waals surface area (Å²) in [5.41, 5.74) is 0. The SMILES string of the molecule is CNCCOCCNC(=O)COCCOCCNC(=O)CCC(NC)C(=O)O. The van der Waals surface area contributed by atoms with Gasteiger partial charge >= 0.3 is 5.97 Å².